The lowest BCUT2D eigenvalue weighted by atomic mass is 10.1. The predicted octanol–water partition coefficient (Wildman–Crippen LogP) is 3.89. The zero-order valence-corrected chi connectivity index (χ0v) is 22.7. The highest BCUT2D eigenvalue weighted by molar-refractivity contribution is 7.92. The first-order valence-electron chi connectivity index (χ1n) is 12.1. The third-order valence-electron chi connectivity index (χ3n) is 6.03. The van der Waals surface area contributed by atoms with Crippen molar-refractivity contribution in [1.82, 2.24) is 10.2 Å². The number of ether oxygens (including phenoxy) is 1. The van der Waals surface area contributed by atoms with Gasteiger partial charge in [-0.2, -0.15) is 0 Å². The molecule has 10 heteroatoms. The van der Waals surface area contributed by atoms with Crippen molar-refractivity contribution >= 4 is 27.5 Å². The Kier molecular flexibility index (Phi) is 9.46. The topological polar surface area (TPSA) is 96.0 Å². The Bertz CT molecular complexity index is 1340. The highest BCUT2D eigenvalue weighted by atomic mass is 32.2. The highest BCUT2D eigenvalue weighted by Gasteiger charge is 2.32. The van der Waals surface area contributed by atoms with E-state index in [1.54, 1.807) is 50.2 Å². The number of halogens is 1. The summed E-state index contributed by atoms with van der Waals surface area (Å²) in [7, 11) is -2.66. The largest absolute Gasteiger partial charge is 0.497 e. The normalized spacial score (nSPS) is 11.9. The lowest BCUT2D eigenvalue weighted by Gasteiger charge is -2.32. The van der Waals surface area contributed by atoms with Crippen molar-refractivity contribution in [2.45, 2.75) is 38.3 Å². The molecular formula is C28H32FN3O5S. The number of hydrogen-bond donors (Lipinski definition) is 1. The van der Waals surface area contributed by atoms with Gasteiger partial charge in [-0.25, -0.2) is 12.8 Å². The number of hydrogen-bond acceptors (Lipinski definition) is 5. The van der Waals surface area contributed by atoms with Crippen molar-refractivity contribution in [2.24, 2.45) is 0 Å². The Morgan fingerprint density at radius 3 is 2.13 bits per heavy atom. The number of carbonyl (C=O) groups is 2. The van der Waals surface area contributed by atoms with Gasteiger partial charge in [0.2, 0.25) is 11.8 Å². The molecule has 0 aliphatic heterocycles. The van der Waals surface area contributed by atoms with Gasteiger partial charge < -0.3 is 15.0 Å². The number of methoxy groups -OCH3 is 1. The van der Waals surface area contributed by atoms with E-state index in [0.29, 0.717) is 17.9 Å². The zero-order valence-electron chi connectivity index (χ0n) is 21.8. The molecule has 38 heavy (non-hydrogen) atoms. The second-order valence-corrected chi connectivity index (χ2v) is 10.6. The first kappa shape index (κ1) is 28.6. The third kappa shape index (κ3) is 6.89. The van der Waals surface area contributed by atoms with Crippen molar-refractivity contribution in [1.29, 1.82) is 0 Å². The molecule has 0 aromatic heterocycles. The van der Waals surface area contributed by atoms with Crippen LogP contribution in [0, 0.1) is 12.7 Å². The molecule has 0 unspecified atom stereocenters. The van der Waals surface area contributed by atoms with Gasteiger partial charge in [0.1, 0.15) is 24.2 Å². The molecule has 8 nitrogen and oxygen atoms in total. The van der Waals surface area contributed by atoms with E-state index in [1.165, 1.54) is 48.4 Å². The first-order chi connectivity index (χ1) is 18.1. The first-order valence-corrected chi connectivity index (χ1v) is 13.6. The summed E-state index contributed by atoms with van der Waals surface area (Å²) in [6.07, 6.45) is 0. The number of carbonyl (C=O) groups excluding carboxylic acids is 2. The SMILES string of the molecule is CCNC(=O)[C@@H](C)N(Cc1ccc(F)cc1)C(=O)CN(c1ccc(OC)cc1)S(=O)(=O)c1ccc(C)cc1. The number of nitrogens with one attached hydrogen (secondary N) is 1. The Labute approximate surface area is 223 Å². The van der Waals surface area contributed by atoms with E-state index in [-0.39, 0.29) is 23.0 Å². The second kappa shape index (κ2) is 12.6. The lowest BCUT2D eigenvalue weighted by molar-refractivity contribution is -0.139. The maximum Gasteiger partial charge on any atom is 0.264 e. The molecule has 0 aliphatic rings. The highest BCUT2D eigenvalue weighted by Crippen LogP contribution is 2.26. The van der Waals surface area contributed by atoms with Crippen LogP contribution >= 0.6 is 0 Å². The number of benzene rings is 3. The molecule has 0 heterocycles. The molecular weight excluding hydrogens is 509 g/mol. The molecule has 0 spiro atoms. The van der Waals surface area contributed by atoms with Crippen molar-refractivity contribution < 1.29 is 27.1 Å². The van der Waals surface area contributed by atoms with Crippen molar-refractivity contribution in [3.05, 3.63) is 89.7 Å². The van der Waals surface area contributed by atoms with Crippen LogP contribution in [0.1, 0.15) is 25.0 Å². The molecule has 0 aliphatic carbocycles. The minimum Gasteiger partial charge on any atom is -0.497 e. The van der Waals surface area contributed by atoms with Crippen LogP contribution in [-0.2, 0) is 26.2 Å². The van der Waals surface area contributed by atoms with E-state index in [9.17, 15) is 22.4 Å². The summed E-state index contributed by atoms with van der Waals surface area (Å²) in [6, 6.07) is 17.3. The van der Waals surface area contributed by atoms with Gasteiger partial charge in [-0.1, -0.05) is 29.8 Å². The summed E-state index contributed by atoms with van der Waals surface area (Å²) in [5.41, 5.74) is 1.73. The predicted molar refractivity (Wildman–Crippen MR) is 144 cm³/mol. The minimum absolute atomic E-state index is 0.0154. The van der Waals surface area contributed by atoms with Crippen LogP contribution in [0.25, 0.3) is 0 Å². The maximum atomic E-state index is 13.8. The van der Waals surface area contributed by atoms with Crippen molar-refractivity contribution in [3.8, 4) is 5.75 Å². The fraction of sp³-hybridized carbons (Fsp3) is 0.286. The fourth-order valence-electron chi connectivity index (χ4n) is 3.81. The lowest BCUT2D eigenvalue weighted by Crippen LogP contribution is -2.51. The Morgan fingerprint density at radius 2 is 1.58 bits per heavy atom. The maximum absolute atomic E-state index is 13.8. The number of aryl methyl sites for hydroxylation is 1. The summed E-state index contributed by atoms with van der Waals surface area (Å²) >= 11 is 0. The molecule has 0 saturated carbocycles. The summed E-state index contributed by atoms with van der Waals surface area (Å²) in [5, 5.41) is 2.70. The van der Waals surface area contributed by atoms with E-state index in [2.05, 4.69) is 5.32 Å². The monoisotopic (exact) mass is 541 g/mol. The van der Waals surface area contributed by atoms with E-state index >= 15 is 0 Å². The molecule has 0 saturated heterocycles. The molecule has 1 N–H and O–H groups in total. The molecule has 1 atom stereocenters. The Balaban J connectivity index is 2.02. The van der Waals surface area contributed by atoms with Crippen LogP contribution in [0.3, 0.4) is 0 Å². The Morgan fingerprint density at radius 1 is 0.974 bits per heavy atom. The average Bonchev–Trinajstić information content (AvgIpc) is 2.91. The standard InChI is InChI=1S/C28H32FN3O5S/c1-5-30-28(34)21(3)31(18-22-8-10-23(29)11-9-22)27(33)19-32(24-12-14-25(37-4)15-13-24)38(35,36)26-16-6-20(2)7-17-26/h6-17,21H,5,18-19H2,1-4H3,(H,30,34)/t21-/m1/s1. The number of amides is 2. The van der Waals surface area contributed by atoms with E-state index in [0.717, 1.165) is 9.87 Å². The number of nitrogens with zero attached hydrogens (tertiary/aromatic N) is 2. The molecule has 0 radical (unpaired) electrons. The quantitative estimate of drug-likeness (QED) is 0.397. The van der Waals surface area contributed by atoms with Gasteiger partial charge in [0.25, 0.3) is 10.0 Å². The van der Waals surface area contributed by atoms with Crippen molar-refractivity contribution in [2.75, 3.05) is 24.5 Å². The van der Waals surface area contributed by atoms with Crippen LogP contribution < -0.4 is 14.4 Å². The van der Waals surface area contributed by atoms with Gasteiger partial charge >= 0.3 is 0 Å². The molecule has 3 aromatic rings. The van der Waals surface area contributed by atoms with E-state index < -0.39 is 34.3 Å². The van der Waals surface area contributed by atoms with E-state index in [1.807, 2.05) is 6.92 Å². The molecule has 2 amide bonds. The molecule has 3 aromatic carbocycles. The van der Waals surface area contributed by atoms with Gasteiger partial charge in [0, 0.05) is 13.1 Å². The fourth-order valence-corrected chi connectivity index (χ4v) is 5.22. The summed E-state index contributed by atoms with van der Waals surface area (Å²) in [4.78, 5) is 27.8. The molecule has 0 bridgehead atoms. The number of likely N-dealkylation sites (N-methyl/N-ethyl adjacent to an activating group) is 1. The molecule has 3 rings (SSSR count). The average molecular weight is 542 g/mol. The molecule has 0 fully saturated rings. The summed E-state index contributed by atoms with van der Waals surface area (Å²) in [6.45, 7) is 4.96. The van der Waals surface area contributed by atoms with Crippen molar-refractivity contribution in [3.63, 3.8) is 0 Å². The Hall–Kier alpha value is -3.92. The number of sulfonamides is 1. The minimum atomic E-state index is -4.16. The number of rotatable bonds is 11. The molecule has 202 valence electrons. The van der Waals surface area contributed by atoms with Gasteiger partial charge in [-0.05, 0) is 74.9 Å². The van der Waals surface area contributed by atoms with Gasteiger partial charge in [-0.3, -0.25) is 13.9 Å². The van der Waals surface area contributed by atoms with Gasteiger partial charge in [0.15, 0.2) is 0 Å². The van der Waals surface area contributed by atoms with Crippen LogP contribution in [0.4, 0.5) is 10.1 Å². The number of anilines is 1. The van der Waals surface area contributed by atoms with Crippen LogP contribution in [0.15, 0.2) is 77.7 Å². The zero-order chi connectivity index (χ0) is 27.9. The van der Waals surface area contributed by atoms with Crippen LogP contribution in [0.5, 0.6) is 5.75 Å². The smallest absolute Gasteiger partial charge is 0.264 e. The van der Waals surface area contributed by atoms with E-state index in [4.69, 9.17) is 4.74 Å². The second-order valence-electron chi connectivity index (χ2n) is 8.74. The summed E-state index contributed by atoms with van der Waals surface area (Å²) in [5.74, 6) is -0.895. The third-order valence-corrected chi connectivity index (χ3v) is 7.82. The van der Waals surface area contributed by atoms with Crippen LogP contribution in [-0.4, -0.2) is 51.4 Å². The van der Waals surface area contributed by atoms with Gasteiger partial charge in [0.05, 0.1) is 17.7 Å². The van der Waals surface area contributed by atoms with Crippen LogP contribution in [0.2, 0.25) is 0 Å². The van der Waals surface area contributed by atoms with Gasteiger partial charge in [-0.15, -0.1) is 0 Å². The summed E-state index contributed by atoms with van der Waals surface area (Å²) < 4.78 is 47.2.